The van der Waals surface area contributed by atoms with Gasteiger partial charge >= 0.3 is 0 Å². The van der Waals surface area contributed by atoms with Crippen LogP contribution in [0.3, 0.4) is 0 Å². The van der Waals surface area contributed by atoms with Gasteiger partial charge in [-0.2, -0.15) is 0 Å². The van der Waals surface area contributed by atoms with Crippen molar-refractivity contribution in [3.63, 3.8) is 0 Å². The lowest BCUT2D eigenvalue weighted by Crippen LogP contribution is -2.12. The number of carbonyl (C=O) groups excluding carboxylic acids is 1. The number of halogens is 1. The van der Waals surface area contributed by atoms with E-state index in [1.165, 1.54) is 5.56 Å². The van der Waals surface area contributed by atoms with Crippen molar-refractivity contribution in [2.45, 2.75) is 32.6 Å². The minimum absolute atomic E-state index is 0.0895. The molecular weight excluding hydrogens is 348 g/mol. The van der Waals surface area contributed by atoms with Crippen LogP contribution >= 0.6 is 11.6 Å². The molecule has 4 nitrogen and oxygen atoms in total. The van der Waals surface area contributed by atoms with E-state index < -0.39 is 0 Å². The van der Waals surface area contributed by atoms with Crippen molar-refractivity contribution < 1.29 is 9.21 Å². The Kier molecular flexibility index (Phi) is 5.74. The molecule has 0 aliphatic rings. The molecule has 0 bridgehead atoms. The van der Waals surface area contributed by atoms with E-state index in [0.717, 1.165) is 11.3 Å². The van der Waals surface area contributed by atoms with Crippen molar-refractivity contribution in [1.29, 1.82) is 0 Å². The third-order valence-electron chi connectivity index (χ3n) is 4.11. The molecule has 0 radical (unpaired) electrons. The summed E-state index contributed by atoms with van der Waals surface area (Å²) in [4.78, 5) is 16.3. The molecule has 2 aromatic carbocycles. The standard InChI is InChI=1S/C21H21ClN2O2/c1-14(2)15-3-5-16(6-4-15)19-13-23-21(26-19)12-11-20(25)24-18-9-7-17(22)8-10-18/h3-10,13-14H,11-12H2,1-2H3,(H,24,25). The van der Waals surface area contributed by atoms with Gasteiger partial charge < -0.3 is 9.73 Å². The Hall–Kier alpha value is -2.59. The zero-order chi connectivity index (χ0) is 18.5. The summed E-state index contributed by atoms with van der Waals surface area (Å²) in [5.41, 5.74) is 2.99. The third kappa shape index (κ3) is 4.73. The van der Waals surface area contributed by atoms with Gasteiger partial charge in [-0.25, -0.2) is 4.98 Å². The highest BCUT2D eigenvalue weighted by molar-refractivity contribution is 6.30. The first-order chi connectivity index (χ1) is 12.5. The molecule has 1 aromatic heterocycles. The second-order valence-corrected chi connectivity index (χ2v) is 6.89. The maximum absolute atomic E-state index is 12.0. The predicted octanol–water partition coefficient (Wildman–Crippen LogP) is 5.69. The smallest absolute Gasteiger partial charge is 0.224 e. The highest BCUT2D eigenvalue weighted by atomic mass is 35.5. The molecule has 0 unspecified atom stereocenters. The van der Waals surface area contributed by atoms with Gasteiger partial charge in [-0.05, 0) is 35.7 Å². The van der Waals surface area contributed by atoms with Gasteiger partial charge in [0.15, 0.2) is 11.7 Å². The van der Waals surface area contributed by atoms with E-state index in [2.05, 4.69) is 36.3 Å². The molecule has 0 aliphatic carbocycles. The summed E-state index contributed by atoms with van der Waals surface area (Å²) in [6.45, 7) is 4.33. The molecule has 0 saturated carbocycles. The lowest BCUT2D eigenvalue weighted by atomic mass is 10.0. The first-order valence-corrected chi connectivity index (χ1v) is 8.99. The summed E-state index contributed by atoms with van der Waals surface area (Å²) in [5.74, 6) is 1.68. The second kappa shape index (κ2) is 8.19. The minimum atomic E-state index is -0.0895. The molecule has 0 saturated heterocycles. The quantitative estimate of drug-likeness (QED) is 0.608. The van der Waals surface area contributed by atoms with Gasteiger partial charge in [-0.15, -0.1) is 0 Å². The number of rotatable bonds is 6. The van der Waals surface area contributed by atoms with Crippen molar-refractivity contribution in [3.8, 4) is 11.3 Å². The Bertz CT molecular complexity index is 868. The Morgan fingerprint density at radius 3 is 2.46 bits per heavy atom. The third-order valence-corrected chi connectivity index (χ3v) is 4.36. The fourth-order valence-corrected chi connectivity index (χ4v) is 2.69. The lowest BCUT2D eigenvalue weighted by molar-refractivity contribution is -0.116. The average Bonchev–Trinajstić information content (AvgIpc) is 3.11. The molecule has 3 aromatic rings. The van der Waals surface area contributed by atoms with E-state index in [4.69, 9.17) is 16.0 Å². The maximum Gasteiger partial charge on any atom is 0.224 e. The number of aryl methyl sites for hydroxylation is 1. The van der Waals surface area contributed by atoms with Crippen LogP contribution in [0.5, 0.6) is 0 Å². The highest BCUT2D eigenvalue weighted by Gasteiger charge is 2.10. The predicted molar refractivity (Wildman–Crippen MR) is 104 cm³/mol. The van der Waals surface area contributed by atoms with Crippen molar-refractivity contribution in [2.24, 2.45) is 0 Å². The number of carbonyl (C=O) groups is 1. The van der Waals surface area contributed by atoms with Crippen LogP contribution in [0.1, 0.15) is 37.6 Å². The molecule has 1 N–H and O–H groups in total. The Balaban J connectivity index is 1.56. The Labute approximate surface area is 158 Å². The van der Waals surface area contributed by atoms with E-state index >= 15 is 0 Å². The molecule has 134 valence electrons. The Morgan fingerprint density at radius 2 is 1.81 bits per heavy atom. The van der Waals surface area contributed by atoms with Crippen molar-refractivity contribution in [3.05, 3.63) is 71.2 Å². The van der Waals surface area contributed by atoms with Crippen LogP contribution in [0.15, 0.2) is 59.1 Å². The van der Waals surface area contributed by atoms with Crippen LogP contribution in [0, 0.1) is 0 Å². The number of nitrogens with one attached hydrogen (secondary N) is 1. The van der Waals surface area contributed by atoms with Crippen molar-refractivity contribution in [1.82, 2.24) is 4.98 Å². The van der Waals surface area contributed by atoms with E-state index in [9.17, 15) is 4.79 Å². The normalized spacial score (nSPS) is 10.9. The molecule has 1 amide bonds. The van der Waals surface area contributed by atoms with Crippen LogP contribution in [-0.2, 0) is 11.2 Å². The average molecular weight is 369 g/mol. The molecule has 26 heavy (non-hydrogen) atoms. The van der Waals surface area contributed by atoms with Gasteiger partial charge in [-0.3, -0.25) is 4.79 Å². The molecule has 5 heteroatoms. The summed E-state index contributed by atoms with van der Waals surface area (Å²) >= 11 is 5.83. The number of hydrogen-bond acceptors (Lipinski definition) is 3. The maximum atomic E-state index is 12.0. The van der Waals surface area contributed by atoms with Crippen molar-refractivity contribution in [2.75, 3.05) is 5.32 Å². The summed E-state index contributed by atoms with van der Waals surface area (Å²) < 4.78 is 5.78. The number of benzene rings is 2. The molecule has 0 atom stereocenters. The SMILES string of the molecule is CC(C)c1ccc(-c2cnc(CCC(=O)Nc3ccc(Cl)cc3)o2)cc1. The monoisotopic (exact) mass is 368 g/mol. The molecule has 1 heterocycles. The van der Waals surface area contributed by atoms with E-state index in [1.807, 2.05) is 12.1 Å². The van der Waals surface area contributed by atoms with E-state index in [1.54, 1.807) is 30.5 Å². The minimum Gasteiger partial charge on any atom is -0.441 e. The summed E-state index contributed by atoms with van der Waals surface area (Å²) in [6.07, 6.45) is 2.45. The van der Waals surface area contributed by atoms with Gasteiger partial charge in [0.2, 0.25) is 5.91 Å². The van der Waals surface area contributed by atoms with Gasteiger partial charge in [-0.1, -0.05) is 49.7 Å². The zero-order valence-corrected chi connectivity index (χ0v) is 15.6. The number of hydrogen-bond donors (Lipinski definition) is 1. The molecular formula is C21H21ClN2O2. The number of oxazole rings is 1. The fraction of sp³-hybridized carbons (Fsp3) is 0.238. The topological polar surface area (TPSA) is 55.1 Å². The van der Waals surface area contributed by atoms with Gasteiger partial charge in [0.1, 0.15) is 0 Å². The highest BCUT2D eigenvalue weighted by Crippen LogP contribution is 2.24. The first-order valence-electron chi connectivity index (χ1n) is 8.62. The summed E-state index contributed by atoms with van der Waals surface area (Å²) in [6, 6.07) is 15.3. The second-order valence-electron chi connectivity index (χ2n) is 6.45. The number of nitrogens with zero attached hydrogens (tertiary/aromatic N) is 1. The van der Waals surface area contributed by atoms with Crippen LogP contribution in [0.2, 0.25) is 5.02 Å². The zero-order valence-electron chi connectivity index (χ0n) is 14.8. The van der Waals surface area contributed by atoms with Crippen molar-refractivity contribution >= 4 is 23.2 Å². The molecule has 0 spiro atoms. The van der Waals surface area contributed by atoms with Crippen LogP contribution in [-0.4, -0.2) is 10.9 Å². The van der Waals surface area contributed by atoms with E-state index in [0.29, 0.717) is 35.4 Å². The number of anilines is 1. The van der Waals surface area contributed by atoms with Gasteiger partial charge in [0, 0.05) is 29.1 Å². The number of amides is 1. The number of aromatic nitrogens is 1. The Morgan fingerprint density at radius 1 is 1.12 bits per heavy atom. The fourth-order valence-electron chi connectivity index (χ4n) is 2.57. The van der Waals surface area contributed by atoms with Crippen LogP contribution in [0.25, 0.3) is 11.3 Å². The first kappa shape index (κ1) is 18.2. The van der Waals surface area contributed by atoms with Gasteiger partial charge in [0.25, 0.3) is 0 Å². The molecule has 0 fully saturated rings. The summed E-state index contributed by atoms with van der Waals surface area (Å²) in [5, 5.41) is 3.46. The van der Waals surface area contributed by atoms with E-state index in [-0.39, 0.29) is 5.91 Å². The summed E-state index contributed by atoms with van der Waals surface area (Å²) in [7, 11) is 0. The molecule has 0 aliphatic heterocycles. The van der Waals surface area contributed by atoms with Gasteiger partial charge in [0.05, 0.1) is 6.20 Å². The lowest BCUT2D eigenvalue weighted by Gasteiger charge is -2.05. The molecule has 3 rings (SSSR count). The van der Waals surface area contributed by atoms with Crippen LogP contribution in [0.4, 0.5) is 5.69 Å². The largest absolute Gasteiger partial charge is 0.441 e. The van der Waals surface area contributed by atoms with Crippen LogP contribution < -0.4 is 5.32 Å².